The molecule has 4 aliphatic carbocycles. The lowest BCUT2D eigenvalue weighted by Gasteiger charge is -2.55. The van der Waals surface area contributed by atoms with E-state index in [1.54, 1.807) is 11.6 Å². The largest absolute Gasteiger partial charge is 0.344 e. The Kier molecular flexibility index (Phi) is 5.12. The molecule has 8 nitrogen and oxygen atoms in total. The van der Waals surface area contributed by atoms with Crippen molar-refractivity contribution in [3.05, 3.63) is 17.5 Å². The van der Waals surface area contributed by atoms with Crippen molar-refractivity contribution in [1.29, 1.82) is 0 Å². The van der Waals surface area contributed by atoms with E-state index in [0.29, 0.717) is 17.8 Å². The van der Waals surface area contributed by atoms with Gasteiger partial charge < -0.3 is 5.32 Å². The molecular formula is C21H31N5O3. The second-order valence-corrected chi connectivity index (χ2v) is 9.52. The third kappa shape index (κ3) is 4.02. The Bertz CT molecular complexity index is 795. The molecule has 4 saturated carbocycles. The van der Waals surface area contributed by atoms with E-state index in [0.717, 1.165) is 30.7 Å². The van der Waals surface area contributed by atoms with Crippen molar-refractivity contribution in [2.24, 2.45) is 23.2 Å². The number of nitrogens with zero attached hydrogens (tertiary/aromatic N) is 2. The van der Waals surface area contributed by atoms with Gasteiger partial charge in [-0.15, -0.1) is 0 Å². The summed E-state index contributed by atoms with van der Waals surface area (Å²) < 4.78 is 1.58. The maximum absolute atomic E-state index is 13.0. The van der Waals surface area contributed by atoms with Gasteiger partial charge in [0, 0.05) is 11.1 Å². The van der Waals surface area contributed by atoms with Gasteiger partial charge in [0.2, 0.25) is 5.91 Å². The van der Waals surface area contributed by atoms with Gasteiger partial charge in [0.15, 0.2) is 0 Å². The highest BCUT2D eigenvalue weighted by Gasteiger charge is 2.54. The van der Waals surface area contributed by atoms with E-state index in [1.165, 1.54) is 19.3 Å². The molecule has 1 aromatic heterocycles. The smallest absolute Gasteiger partial charge is 0.260 e. The lowest BCUT2D eigenvalue weighted by molar-refractivity contribution is -0.148. The minimum absolute atomic E-state index is 0.00761. The number of hydrogen-bond donors (Lipinski definition) is 3. The number of amides is 3. The molecule has 0 unspecified atom stereocenters. The lowest BCUT2D eigenvalue weighted by atomic mass is 9.49. The minimum atomic E-state index is -0.704. The van der Waals surface area contributed by atoms with Crippen LogP contribution in [-0.2, 0) is 20.9 Å². The molecule has 0 spiro atoms. The molecule has 0 aromatic carbocycles. The van der Waals surface area contributed by atoms with E-state index in [2.05, 4.69) is 21.3 Å². The van der Waals surface area contributed by atoms with Crippen molar-refractivity contribution < 1.29 is 14.4 Å². The summed E-state index contributed by atoms with van der Waals surface area (Å²) in [7, 11) is 0. The number of aromatic nitrogens is 2. The first-order valence-electron chi connectivity index (χ1n) is 10.6. The molecule has 4 aliphatic rings. The van der Waals surface area contributed by atoms with Gasteiger partial charge >= 0.3 is 0 Å². The Morgan fingerprint density at radius 1 is 1.10 bits per heavy atom. The van der Waals surface area contributed by atoms with E-state index in [4.69, 9.17) is 0 Å². The van der Waals surface area contributed by atoms with Crippen LogP contribution in [0, 0.1) is 37.0 Å². The van der Waals surface area contributed by atoms with Crippen LogP contribution in [-0.4, -0.2) is 33.5 Å². The van der Waals surface area contributed by atoms with Gasteiger partial charge in [0.05, 0.1) is 5.69 Å². The third-order valence-corrected chi connectivity index (χ3v) is 6.98. The van der Waals surface area contributed by atoms with Crippen LogP contribution >= 0.6 is 0 Å². The fraction of sp³-hybridized carbons (Fsp3) is 0.714. The van der Waals surface area contributed by atoms with Crippen LogP contribution in [0.5, 0.6) is 0 Å². The van der Waals surface area contributed by atoms with Crippen LogP contribution in [0.25, 0.3) is 0 Å². The minimum Gasteiger partial charge on any atom is -0.344 e. The molecule has 158 valence electrons. The maximum Gasteiger partial charge on any atom is 0.260 e. The maximum atomic E-state index is 13.0. The van der Waals surface area contributed by atoms with E-state index in [9.17, 15) is 14.4 Å². The molecule has 29 heavy (non-hydrogen) atoms. The average Bonchev–Trinajstić information content (AvgIpc) is 2.95. The molecule has 0 radical (unpaired) electrons. The molecule has 0 saturated heterocycles. The molecule has 4 bridgehead atoms. The van der Waals surface area contributed by atoms with Gasteiger partial charge in [-0.05, 0) is 83.1 Å². The van der Waals surface area contributed by atoms with Crippen molar-refractivity contribution >= 4 is 17.7 Å². The zero-order valence-electron chi connectivity index (χ0n) is 17.5. The Balaban J connectivity index is 1.27. The second kappa shape index (κ2) is 7.46. The topological polar surface area (TPSA) is 105 Å². The summed E-state index contributed by atoms with van der Waals surface area (Å²) in [6.07, 6.45) is 6.67. The molecule has 1 atom stereocenters. The second-order valence-electron chi connectivity index (χ2n) is 9.52. The van der Waals surface area contributed by atoms with Crippen molar-refractivity contribution in [1.82, 2.24) is 25.9 Å². The van der Waals surface area contributed by atoms with E-state index in [1.807, 2.05) is 19.9 Å². The molecule has 1 heterocycles. The summed E-state index contributed by atoms with van der Waals surface area (Å²) in [4.78, 5) is 37.5. The average molecular weight is 402 g/mol. The number of rotatable bonds is 5. The number of carbonyl (C=O) groups excluding carboxylic acids is 3. The summed E-state index contributed by atoms with van der Waals surface area (Å²) in [5.41, 5.74) is 6.24. The first kappa shape index (κ1) is 19.9. The zero-order valence-corrected chi connectivity index (χ0v) is 17.5. The van der Waals surface area contributed by atoms with Crippen molar-refractivity contribution in [3.8, 4) is 0 Å². The molecule has 4 fully saturated rings. The zero-order chi connectivity index (χ0) is 20.8. The number of aryl methyl sites for hydroxylation is 2. The summed E-state index contributed by atoms with van der Waals surface area (Å²) in [5.74, 6) is 1.22. The molecule has 5 rings (SSSR count). The van der Waals surface area contributed by atoms with Crippen LogP contribution in [0.3, 0.4) is 0 Å². The number of hydrogen-bond acceptors (Lipinski definition) is 4. The molecular weight excluding hydrogens is 370 g/mol. The summed E-state index contributed by atoms with van der Waals surface area (Å²) in [6, 6.07) is 1.18. The molecule has 3 N–H and O–H groups in total. The summed E-state index contributed by atoms with van der Waals surface area (Å²) in [6.45, 7) is 5.40. The molecule has 1 aromatic rings. The fourth-order valence-corrected chi connectivity index (χ4v) is 6.05. The highest BCUT2D eigenvalue weighted by molar-refractivity contribution is 5.91. The third-order valence-electron chi connectivity index (χ3n) is 6.98. The standard InChI is InChI=1S/C21H31N5O3/c1-12-4-13(2)26(25-12)11-18(27)23-24-19(28)14(3)22-20(29)21-8-15-5-16(9-21)7-17(6-15)10-21/h4,14-17H,5-11H2,1-3H3,(H,22,29)(H,23,27)(H,24,28)/t14-,15?,16?,17?,21?/m0/s1. The fourth-order valence-electron chi connectivity index (χ4n) is 6.05. The number of carbonyl (C=O) groups is 3. The van der Waals surface area contributed by atoms with Crippen molar-refractivity contribution in [3.63, 3.8) is 0 Å². The first-order chi connectivity index (χ1) is 13.7. The summed E-state index contributed by atoms with van der Waals surface area (Å²) in [5, 5.41) is 7.13. The Morgan fingerprint density at radius 2 is 1.69 bits per heavy atom. The van der Waals surface area contributed by atoms with Crippen molar-refractivity contribution in [2.75, 3.05) is 0 Å². The predicted molar refractivity (Wildman–Crippen MR) is 106 cm³/mol. The lowest BCUT2D eigenvalue weighted by Crippen LogP contribution is -2.58. The Morgan fingerprint density at radius 3 is 2.21 bits per heavy atom. The van der Waals surface area contributed by atoms with Crippen molar-refractivity contribution in [2.45, 2.75) is 71.9 Å². The normalized spacial score (nSPS) is 30.7. The van der Waals surface area contributed by atoms with Crippen LogP contribution in [0.2, 0.25) is 0 Å². The van der Waals surface area contributed by atoms with Crippen LogP contribution in [0.1, 0.15) is 56.8 Å². The van der Waals surface area contributed by atoms with Gasteiger partial charge in [-0.3, -0.25) is 29.9 Å². The molecule has 8 heteroatoms. The monoisotopic (exact) mass is 401 g/mol. The molecule has 3 amide bonds. The quantitative estimate of drug-likeness (QED) is 0.648. The van der Waals surface area contributed by atoms with Crippen LogP contribution in [0.15, 0.2) is 6.07 Å². The Labute approximate surface area is 171 Å². The van der Waals surface area contributed by atoms with Gasteiger partial charge in [-0.1, -0.05) is 0 Å². The van der Waals surface area contributed by atoms with Gasteiger partial charge in [0.1, 0.15) is 12.6 Å². The number of nitrogens with one attached hydrogen (secondary N) is 3. The summed E-state index contributed by atoms with van der Waals surface area (Å²) >= 11 is 0. The van der Waals surface area contributed by atoms with Gasteiger partial charge in [0.25, 0.3) is 11.8 Å². The van der Waals surface area contributed by atoms with Gasteiger partial charge in [-0.2, -0.15) is 5.10 Å². The Hall–Kier alpha value is -2.38. The highest BCUT2D eigenvalue weighted by Crippen LogP contribution is 2.60. The van der Waals surface area contributed by atoms with Crippen LogP contribution < -0.4 is 16.2 Å². The molecule has 0 aliphatic heterocycles. The first-order valence-corrected chi connectivity index (χ1v) is 10.6. The van der Waals surface area contributed by atoms with Gasteiger partial charge in [-0.25, -0.2) is 0 Å². The van der Waals surface area contributed by atoms with Crippen LogP contribution in [0.4, 0.5) is 0 Å². The van der Waals surface area contributed by atoms with E-state index < -0.39 is 11.9 Å². The van der Waals surface area contributed by atoms with E-state index >= 15 is 0 Å². The highest BCUT2D eigenvalue weighted by atomic mass is 16.2. The number of hydrazine groups is 1. The van der Waals surface area contributed by atoms with E-state index in [-0.39, 0.29) is 23.8 Å². The SMILES string of the molecule is Cc1cc(C)n(CC(=O)NNC(=O)[C@H](C)NC(=O)C23CC4CC(CC(C4)C2)C3)n1. The predicted octanol–water partition coefficient (Wildman–Crippen LogP) is 1.37.